The number of allylic oxidation sites excluding steroid dienone is 5. The maximum absolute atomic E-state index is 13.5. The molecular weight excluding hydrogens is 558 g/mol. The minimum absolute atomic E-state index is 0.0125. The smallest absolute Gasteiger partial charge is 0.324 e. The first kappa shape index (κ1) is 32.6. The van der Waals surface area contributed by atoms with E-state index in [1.54, 1.807) is 0 Å². The van der Waals surface area contributed by atoms with Gasteiger partial charge in [0, 0.05) is 35.3 Å². The van der Waals surface area contributed by atoms with Gasteiger partial charge in [0.05, 0.1) is 20.8 Å². The standard InChI is InChI=1S/C26H22F6N2O3S.C2H6/c1-5-16(17-7-9-18(10-8-17)25(27,28)29)11-22(38(37,6-2)14-35)15(3)24-33-20-12-19(26(30,31)32)13-21(36)23(20)34(24)4;1-2/h5,7-12H,1,6,13H2,2-4H3;1-2H3/b16-11+,22-15-;. The zero-order valence-electron chi connectivity index (χ0n) is 22.5. The number of benzene rings is 1. The number of carbonyl (C=O) groups excluding carboxylic acids is 2. The summed E-state index contributed by atoms with van der Waals surface area (Å²) in [4.78, 5) is 28.5. The molecule has 1 unspecified atom stereocenters. The number of nitrogens with zero attached hydrogens (tertiary/aromatic N) is 2. The van der Waals surface area contributed by atoms with Gasteiger partial charge in [-0.05, 0) is 42.3 Å². The SMILES string of the molecule is C=C/C(=C\C(=C(/C)c1nc2c(n1C)C(=O)CC(C(F)(F)F)=C2)S(=O)(=C=O)CC)c1ccc(C(F)(F)F)cc1.CC. The van der Waals surface area contributed by atoms with Gasteiger partial charge in [0.2, 0.25) is 0 Å². The maximum atomic E-state index is 13.5. The van der Waals surface area contributed by atoms with Crippen LogP contribution in [-0.2, 0) is 27.5 Å². The molecule has 1 aliphatic carbocycles. The van der Waals surface area contributed by atoms with Crippen LogP contribution in [0.2, 0.25) is 0 Å². The fourth-order valence-corrected chi connectivity index (χ4v) is 5.44. The van der Waals surface area contributed by atoms with Gasteiger partial charge in [-0.25, -0.2) is 9.78 Å². The minimum atomic E-state index is -4.73. The number of hydrogen-bond acceptors (Lipinski definition) is 4. The van der Waals surface area contributed by atoms with Crippen molar-refractivity contribution in [2.75, 3.05) is 5.75 Å². The van der Waals surface area contributed by atoms with Gasteiger partial charge in [0.15, 0.2) is 11.0 Å². The summed E-state index contributed by atoms with van der Waals surface area (Å²) in [6, 6.07) is 4.08. The normalized spacial score (nSPS) is 16.0. The number of imidazole rings is 1. The third kappa shape index (κ3) is 6.56. The second-order valence-electron chi connectivity index (χ2n) is 8.41. The van der Waals surface area contributed by atoms with Crippen LogP contribution in [0.1, 0.15) is 67.2 Å². The minimum Gasteiger partial charge on any atom is -0.324 e. The number of Topliss-reactive ketones (excluding diaryl/α,β-unsaturated/α-hetero) is 1. The third-order valence-corrected chi connectivity index (χ3v) is 8.28. The average Bonchev–Trinajstić information content (AvgIpc) is 3.25. The van der Waals surface area contributed by atoms with Crippen molar-refractivity contribution in [3.05, 3.63) is 81.8 Å². The first-order valence-electron chi connectivity index (χ1n) is 12.1. The van der Waals surface area contributed by atoms with Crippen molar-refractivity contribution in [1.29, 1.82) is 0 Å². The molecule has 0 N–H and O–H groups in total. The summed E-state index contributed by atoms with van der Waals surface area (Å²) in [6.45, 7) is 10.5. The molecule has 2 aromatic rings. The Balaban J connectivity index is 0.00000274. The lowest BCUT2D eigenvalue weighted by atomic mass is 9.98. The summed E-state index contributed by atoms with van der Waals surface area (Å²) < 4.78 is 93.5. The largest absolute Gasteiger partial charge is 0.416 e. The molecule has 3 rings (SSSR count). The Labute approximate surface area is 228 Å². The van der Waals surface area contributed by atoms with Crippen molar-refractivity contribution in [2.24, 2.45) is 7.05 Å². The van der Waals surface area contributed by atoms with Crippen LogP contribution in [-0.4, -0.2) is 36.7 Å². The number of ketones is 1. The van der Waals surface area contributed by atoms with Crippen molar-refractivity contribution in [3.63, 3.8) is 0 Å². The van der Waals surface area contributed by atoms with Crippen LogP contribution >= 0.6 is 0 Å². The van der Waals surface area contributed by atoms with E-state index in [1.807, 2.05) is 13.8 Å². The Morgan fingerprint density at radius 1 is 1.12 bits per heavy atom. The summed E-state index contributed by atoms with van der Waals surface area (Å²) >= 11 is 0. The van der Waals surface area contributed by atoms with Crippen molar-refractivity contribution in [2.45, 2.75) is 46.5 Å². The molecule has 0 saturated heterocycles. The van der Waals surface area contributed by atoms with E-state index in [4.69, 9.17) is 0 Å². The van der Waals surface area contributed by atoms with E-state index in [2.05, 4.69) is 11.6 Å². The van der Waals surface area contributed by atoms with Gasteiger partial charge in [-0.1, -0.05) is 45.6 Å². The van der Waals surface area contributed by atoms with E-state index in [1.165, 1.54) is 55.0 Å². The van der Waals surface area contributed by atoms with Crippen LogP contribution in [0.4, 0.5) is 26.3 Å². The predicted octanol–water partition coefficient (Wildman–Crippen LogP) is 7.37. The molecule has 216 valence electrons. The number of aromatic nitrogens is 2. The van der Waals surface area contributed by atoms with Gasteiger partial charge in [-0.15, -0.1) is 0 Å². The quantitative estimate of drug-likeness (QED) is 0.201. The molecule has 12 heteroatoms. The molecule has 1 aliphatic rings. The second-order valence-corrected chi connectivity index (χ2v) is 10.9. The van der Waals surface area contributed by atoms with Crippen LogP contribution in [0.15, 0.2) is 53.5 Å². The first-order chi connectivity index (χ1) is 18.6. The lowest BCUT2D eigenvalue weighted by Gasteiger charge is -2.16. The number of carbonyl (C=O) groups is 1. The van der Waals surface area contributed by atoms with Crippen LogP contribution in [0.3, 0.4) is 0 Å². The Morgan fingerprint density at radius 3 is 2.15 bits per heavy atom. The van der Waals surface area contributed by atoms with Gasteiger partial charge in [-0.2, -0.15) is 26.3 Å². The van der Waals surface area contributed by atoms with Crippen molar-refractivity contribution in [1.82, 2.24) is 9.55 Å². The molecule has 40 heavy (non-hydrogen) atoms. The molecule has 0 saturated carbocycles. The molecule has 0 aliphatic heterocycles. The monoisotopic (exact) mass is 586 g/mol. The Kier molecular flexibility index (Phi) is 9.99. The summed E-state index contributed by atoms with van der Waals surface area (Å²) in [5, 5.41) is 1.53. The molecule has 0 radical (unpaired) electrons. The van der Waals surface area contributed by atoms with E-state index in [0.717, 1.165) is 18.2 Å². The van der Waals surface area contributed by atoms with E-state index >= 15 is 0 Å². The predicted molar refractivity (Wildman–Crippen MR) is 144 cm³/mol. The van der Waals surface area contributed by atoms with E-state index in [0.29, 0.717) is 0 Å². The number of fused-ring (bicyclic) bond motifs is 1. The fourth-order valence-electron chi connectivity index (χ4n) is 4.01. The molecule has 1 aromatic carbocycles. The topological polar surface area (TPSA) is 69.0 Å². The number of hydrogen-bond donors (Lipinski definition) is 0. The number of halogens is 6. The molecule has 1 heterocycles. The van der Waals surface area contributed by atoms with E-state index < -0.39 is 45.2 Å². The lowest BCUT2D eigenvalue weighted by molar-refractivity contribution is -0.137. The highest BCUT2D eigenvalue weighted by molar-refractivity contribution is 8.04. The number of alkyl halides is 6. The summed E-state index contributed by atoms with van der Waals surface area (Å²) in [5.74, 6) is -1.02. The summed E-state index contributed by atoms with van der Waals surface area (Å²) in [6.07, 6.45) is -6.80. The molecule has 0 fully saturated rings. The van der Waals surface area contributed by atoms with Gasteiger partial charge < -0.3 is 4.57 Å². The van der Waals surface area contributed by atoms with Crippen LogP contribution in [0.25, 0.3) is 17.2 Å². The molecule has 0 spiro atoms. The third-order valence-electron chi connectivity index (χ3n) is 6.07. The highest BCUT2D eigenvalue weighted by atomic mass is 32.2. The molecule has 1 aromatic heterocycles. The Hall–Kier alpha value is -3.63. The van der Waals surface area contributed by atoms with E-state index in [-0.39, 0.29) is 44.6 Å². The molecule has 0 bridgehead atoms. The fraction of sp³-hybridized carbons (Fsp3) is 0.321. The van der Waals surface area contributed by atoms with Gasteiger partial charge in [0.25, 0.3) is 0 Å². The van der Waals surface area contributed by atoms with Crippen molar-refractivity contribution < 1.29 is 40.1 Å². The highest BCUT2D eigenvalue weighted by Crippen LogP contribution is 2.37. The maximum Gasteiger partial charge on any atom is 0.416 e. The molecular formula is C28H28F6N2O3S. The van der Waals surface area contributed by atoms with Gasteiger partial charge in [0.1, 0.15) is 11.5 Å². The van der Waals surface area contributed by atoms with Gasteiger partial charge >= 0.3 is 12.4 Å². The Bertz CT molecular complexity index is 1540. The lowest BCUT2D eigenvalue weighted by Crippen LogP contribution is -2.21. The Morgan fingerprint density at radius 2 is 1.70 bits per heavy atom. The zero-order chi connectivity index (χ0) is 30.6. The molecule has 1 atom stereocenters. The van der Waals surface area contributed by atoms with E-state index in [9.17, 15) is 40.1 Å². The highest BCUT2D eigenvalue weighted by Gasteiger charge is 2.39. The molecule has 5 nitrogen and oxygen atoms in total. The van der Waals surface area contributed by atoms with Crippen LogP contribution in [0.5, 0.6) is 0 Å². The average molecular weight is 587 g/mol. The zero-order valence-corrected chi connectivity index (χ0v) is 23.3. The van der Waals surface area contributed by atoms with Crippen molar-refractivity contribution >= 4 is 37.8 Å². The second kappa shape index (κ2) is 12.3. The summed E-state index contributed by atoms with van der Waals surface area (Å²) in [7, 11) is -2.13. The first-order valence-corrected chi connectivity index (χ1v) is 13.8. The molecule has 0 amide bonds. The van der Waals surface area contributed by atoms with Crippen LogP contribution in [0, 0.1) is 0 Å². The van der Waals surface area contributed by atoms with Gasteiger partial charge in [-0.3, -0.25) is 9.00 Å². The summed E-state index contributed by atoms with van der Waals surface area (Å²) in [5.41, 5.74) is -1.65. The van der Waals surface area contributed by atoms with Crippen LogP contribution < -0.4 is 0 Å². The van der Waals surface area contributed by atoms with Crippen molar-refractivity contribution in [3.8, 4) is 0 Å². The number of rotatable bonds is 6.